The maximum Gasteiger partial charge on any atom is 0.333 e. The molecule has 0 unspecified atom stereocenters. The Kier molecular flexibility index (Phi) is 10.9. The molecule has 0 N–H and O–H groups in total. The molecule has 4 heterocycles. The van der Waals surface area contributed by atoms with Gasteiger partial charge in [0.05, 0.1) is 38.9 Å². The topological polar surface area (TPSA) is 153 Å². The number of carbonyl (C=O) groups is 3. The summed E-state index contributed by atoms with van der Waals surface area (Å²) in [6.07, 6.45) is 14.2. The number of pyridine rings is 1. The highest BCUT2D eigenvalue weighted by molar-refractivity contribution is 8.12. The molecule has 0 radical (unpaired) electrons. The fourth-order valence-electron chi connectivity index (χ4n) is 4.97. The molecular formula is C30H37N5O7S2. The van der Waals surface area contributed by atoms with Crippen LogP contribution in [0.3, 0.4) is 0 Å². The summed E-state index contributed by atoms with van der Waals surface area (Å²) >= 11 is 1.42. The van der Waals surface area contributed by atoms with Gasteiger partial charge in [0.2, 0.25) is 0 Å². The SMILES string of the molecule is CC1=N\C(=C/C=C/C=C/C2=Nc3c(ccc[n+]3CCCCCC(=O)ON3C(=O)CCC3=O)C2(C)C)N(CCCS(=O)(=O)[O-])S1. The van der Waals surface area contributed by atoms with Crippen LogP contribution in [-0.4, -0.2) is 63.2 Å². The van der Waals surface area contributed by atoms with Crippen LogP contribution >= 0.6 is 11.9 Å². The standard InChI is InChI=1S/C30H37N5O7S2/c1-22-31-25(34(43-22)20-11-21-44(39,40)41)14-7-4-6-13-24-30(2,3)23-12-10-19-33(29(23)32-24)18-9-5-8-15-28(38)42-35-26(36)16-17-27(35)37/h4,6-7,10,12-14,19H,5,8-9,11,15-18,20-21H2,1-3H3. The van der Waals surface area contributed by atoms with E-state index >= 15 is 0 Å². The van der Waals surface area contributed by atoms with Crippen LogP contribution in [-0.2, 0) is 41.3 Å². The van der Waals surface area contributed by atoms with Gasteiger partial charge in [0.1, 0.15) is 5.82 Å². The summed E-state index contributed by atoms with van der Waals surface area (Å²) in [6, 6.07) is 4.09. The van der Waals surface area contributed by atoms with Crippen LogP contribution in [0.4, 0.5) is 5.82 Å². The molecule has 0 bridgehead atoms. The van der Waals surface area contributed by atoms with Gasteiger partial charge in [0.25, 0.3) is 11.8 Å². The van der Waals surface area contributed by atoms with E-state index < -0.39 is 33.7 Å². The number of rotatable bonds is 14. The number of aromatic nitrogens is 1. The van der Waals surface area contributed by atoms with Crippen molar-refractivity contribution in [3.8, 4) is 0 Å². The summed E-state index contributed by atoms with van der Waals surface area (Å²) in [5.41, 5.74) is 1.75. The predicted molar refractivity (Wildman–Crippen MR) is 165 cm³/mol. The molecule has 1 fully saturated rings. The zero-order valence-electron chi connectivity index (χ0n) is 25.1. The van der Waals surface area contributed by atoms with Crippen molar-refractivity contribution in [1.29, 1.82) is 0 Å². The molecule has 0 aromatic carbocycles. The number of amides is 2. The lowest BCUT2D eigenvalue weighted by Gasteiger charge is -2.17. The van der Waals surface area contributed by atoms with Crippen LogP contribution < -0.4 is 4.57 Å². The summed E-state index contributed by atoms with van der Waals surface area (Å²) in [4.78, 5) is 49.6. The molecule has 236 valence electrons. The monoisotopic (exact) mass is 643 g/mol. The van der Waals surface area contributed by atoms with E-state index in [9.17, 15) is 27.4 Å². The lowest BCUT2D eigenvalue weighted by molar-refractivity contribution is -0.684. The van der Waals surface area contributed by atoms with Crippen molar-refractivity contribution < 1.29 is 36.8 Å². The summed E-state index contributed by atoms with van der Waals surface area (Å²) in [6.45, 7) is 7.26. The zero-order valence-corrected chi connectivity index (χ0v) is 26.7. The van der Waals surface area contributed by atoms with Crippen LogP contribution in [0.2, 0.25) is 0 Å². The Morgan fingerprint density at radius 3 is 2.59 bits per heavy atom. The fourth-order valence-corrected chi connectivity index (χ4v) is 6.32. The second-order valence-corrected chi connectivity index (χ2v) is 13.9. The number of unbranched alkanes of at least 4 members (excludes halogenated alkanes) is 2. The van der Waals surface area contributed by atoms with Gasteiger partial charge < -0.3 is 9.39 Å². The molecular weight excluding hydrogens is 606 g/mol. The lowest BCUT2D eigenvalue weighted by atomic mass is 9.82. The van der Waals surface area contributed by atoms with E-state index in [1.165, 1.54) is 11.9 Å². The maximum atomic E-state index is 12.0. The van der Waals surface area contributed by atoms with Gasteiger partial charge in [-0.05, 0) is 75.7 Å². The lowest BCUT2D eigenvalue weighted by Crippen LogP contribution is -2.35. The van der Waals surface area contributed by atoms with Gasteiger partial charge in [-0.15, -0.1) is 5.06 Å². The third kappa shape index (κ3) is 8.73. The molecule has 0 saturated carbocycles. The minimum Gasteiger partial charge on any atom is -0.748 e. The summed E-state index contributed by atoms with van der Waals surface area (Å²) in [5, 5.41) is 1.43. The molecule has 14 heteroatoms. The molecule has 3 aliphatic rings. The minimum atomic E-state index is -4.24. The van der Waals surface area contributed by atoms with Crippen LogP contribution in [0.25, 0.3) is 0 Å². The normalized spacial score (nSPS) is 19.0. The first-order chi connectivity index (χ1) is 20.8. The zero-order chi connectivity index (χ0) is 31.9. The van der Waals surface area contributed by atoms with E-state index in [1.54, 1.807) is 0 Å². The molecule has 4 rings (SSSR count). The largest absolute Gasteiger partial charge is 0.748 e. The van der Waals surface area contributed by atoms with Crippen molar-refractivity contribution >= 4 is 56.4 Å². The first-order valence-electron chi connectivity index (χ1n) is 14.5. The quantitative estimate of drug-likeness (QED) is 0.0736. The highest BCUT2D eigenvalue weighted by Gasteiger charge is 2.41. The number of hydrogen-bond acceptors (Lipinski definition) is 11. The second kappa shape index (κ2) is 14.4. The van der Waals surface area contributed by atoms with Crippen molar-refractivity contribution in [2.24, 2.45) is 9.98 Å². The number of aliphatic imine (C=N–C) groups is 2. The summed E-state index contributed by atoms with van der Waals surface area (Å²) < 4.78 is 36.7. The van der Waals surface area contributed by atoms with Crippen molar-refractivity contribution in [3.05, 3.63) is 60.1 Å². The van der Waals surface area contributed by atoms with E-state index in [0.29, 0.717) is 23.8 Å². The Hall–Kier alpha value is -3.62. The van der Waals surface area contributed by atoms with Gasteiger partial charge in [-0.2, -0.15) is 0 Å². The number of hydroxylamine groups is 2. The van der Waals surface area contributed by atoms with Crippen LogP contribution in [0.15, 0.2) is 64.5 Å². The Balaban J connectivity index is 1.29. The molecule has 12 nitrogen and oxygen atoms in total. The molecule has 0 atom stereocenters. The maximum absolute atomic E-state index is 12.0. The third-order valence-corrected chi connectivity index (χ3v) is 9.04. The highest BCUT2D eigenvalue weighted by atomic mass is 32.2. The molecule has 44 heavy (non-hydrogen) atoms. The Morgan fingerprint density at radius 1 is 1.11 bits per heavy atom. The second-order valence-electron chi connectivity index (χ2n) is 11.1. The number of carbonyl (C=O) groups excluding carboxylic acids is 3. The number of aryl methyl sites for hydroxylation is 1. The summed E-state index contributed by atoms with van der Waals surface area (Å²) in [7, 11) is -4.24. The Bertz CT molecular complexity index is 1540. The first-order valence-corrected chi connectivity index (χ1v) is 16.9. The van der Waals surface area contributed by atoms with Gasteiger partial charge in [0.15, 0.2) is 5.71 Å². The van der Waals surface area contributed by atoms with Crippen molar-refractivity contribution in [1.82, 2.24) is 9.37 Å². The van der Waals surface area contributed by atoms with Crippen molar-refractivity contribution in [2.75, 3.05) is 12.3 Å². The Labute approximate surface area is 262 Å². The average molecular weight is 644 g/mol. The molecule has 0 spiro atoms. The van der Waals surface area contributed by atoms with Crippen molar-refractivity contribution in [2.45, 2.75) is 77.7 Å². The van der Waals surface area contributed by atoms with E-state index in [1.807, 2.05) is 53.9 Å². The average Bonchev–Trinajstić information content (AvgIpc) is 3.55. The van der Waals surface area contributed by atoms with E-state index in [0.717, 1.165) is 41.5 Å². The van der Waals surface area contributed by atoms with E-state index in [2.05, 4.69) is 29.5 Å². The number of nitrogens with zero attached hydrogens (tertiary/aromatic N) is 5. The number of allylic oxidation sites excluding steroid dienone is 5. The van der Waals surface area contributed by atoms with Gasteiger partial charge in [-0.3, -0.25) is 13.9 Å². The van der Waals surface area contributed by atoms with E-state index in [-0.39, 0.29) is 31.1 Å². The van der Waals surface area contributed by atoms with Gasteiger partial charge in [-0.25, -0.2) is 22.8 Å². The van der Waals surface area contributed by atoms with Gasteiger partial charge in [-0.1, -0.05) is 18.2 Å². The fraction of sp³-hybridized carbons (Fsp3) is 0.467. The molecule has 1 aromatic rings. The van der Waals surface area contributed by atoms with Crippen LogP contribution in [0.5, 0.6) is 0 Å². The van der Waals surface area contributed by atoms with Gasteiger partial charge in [0, 0.05) is 43.5 Å². The smallest absolute Gasteiger partial charge is 0.333 e. The van der Waals surface area contributed by atoms with E-state index in [4.69, 9.17) is 9.83 Å². The third-order valence-electron chi connectivity index (χ3n) is 7.31. The number of fused-ring (bicyclic) bond motifs is 1. The first kappa shape index (κ1) is 33.3. The molecule has 0 aliphatic carbocycles. The van der Waals surface area contributed by atoms with Crippen LogP contribution in [0.1, 0.15) is 71.3 Å². The highest BCUT2D eigenvalue weighted by Crippen LogP contribution is 2.38. The van der Waals surface area contributed by atoms with Crippen molar-refractivity contribution in [3.63, 3.8) is 0 Å². The Morgan fingerprint density at radius 2 is 1.86 bits per heavy atom. The number of hydrogen-bond donors (Lipinski definition) is 0. The minimum absolute atomic E-state index is 0.0776. The van der Waals surface area contributed by atoms with Crippen LogP contribution in [0, 0.1) is 0 Å². The summed E-state index contributed by atoms with van der Waals surface area (Å²) in [5.74, 6) is -0.340. The van der Waals surface area contributed by atoms with Gasteiger partial charge >= 0.3 is 11.8 Å². The molecule has 1 saturated heterocycles. The molecule has 1 aromatic heterocycles. The molecule has 2 amide bonds. The molecule has 3 aliphatic heterocycles. The predicted octanol–water partition coefficient (Wildman–Crippen LogP) is 3.78. The number of imide groups is 1.